The summed E-state index contributed by atoms with van der Waals surface area (Å²) in [4.78, 5) is 5.00. The molecule has 0 aliphatic rings. The van der Waals surface area contributed by atoms with E-state index in [-0.39, 0.29) is 42.7 Å². The maximum Gasteiger partial charge on any atom is 0.267 e. The molecule has 6 heteroatoms. The summed E-state index contributed by atoms with van der Waals surface area (Å²) in [5, 5.41) is 2.18. The van der Waals surface area contributed by atoms with Crippen LogP contribution in [0.2, 0.25) is 0 Å². The van der Waals surface area contributed by atoms with Gasteiger partial charge in [0.1, 0.15) is 5.82 Å². The van der Waals surface area contributed by atoms with Crippen molar-refractivity contribution in [2.45, 2.75) is 110 Å². The summed E-state index contributed by atoms with van der Waals surface area (Å²) < 4.78 is 13.7. The first-order chi connectivity index (χ1) is 37.2. The van der Waals surface area contributed by atoms with Crippen LogP contribution in [-0.2, 0) is 48.1 Å². The van der Waals surface area contributed by atoms with Gasteiger partial charge in [-0.15, -0.1) is 35.2 Å². The van der Waals surface area contributed by atoms with Gasteiger partial charge in [-0.1, -0.05) is 228 Å². The molecule has 0 radical (unpaired) electrons. The molecule has 11 rings (SSSR count). The van der Waals surface area contributed by atoms with Crippen molar-refractivity contribution >= 4 is 21.8 Å². The van der Waals surface area contributed by atoms with Gasteiger partial charge in [0, 0.05) is 61.3 Å². The van der Waals surface area contributed by atoms with Crippen molar-refractivity contribution in [2.75, 3.05) is 0 Å². The molecule has 5 nitrogen and oxygen atoms in total. The molecule has 0 bridgehead atoms. The summed E-state index contributed by atoms with van der Waals surface area (Å²) in [7, 11) is 0. The van der Waals surface area contributed by atoms with E-state index in [1.54, 1.807) is 0 Å². The number of pyridine rings is 1. The van der Waals surface area contributed by atoms with Crippen LogP contribution in [0.5, 0.6) is 11.5 Å². The molecule has 3 aromatic heterocycles. The molecule has 0 saturated carbocycles. The average Bonchev–Trinajstić information content (AvgIpc) is 4.28. The van der Waals surface area contributed by atoms with Gasteiger partial charge < -0.3 is 13.9 Å². The molecule has 8 aromatic carbocycles. The minimum Gasteiger partial charge on any atom is -0.510 e. The Morgan fingerprint density at radius 3 is 1.53 bits per heavy atom. The van der Waals surface area contributed by atoms with Crippen LogP contribution in [0, 0.1) is 18.5 Å². The van der Waals surface area contributed by atoms with E-state index in [9.17, 15) is 0 Å². The molecule has 0 aliphatic carbocycles. The van der Waals surface area contributed by atoms with Crippen LogP contribution < -0.4 is 9.30 Å². The number of benzene rings is 8. The van der Waals surface area contributed by atoms with E-state index >= 15 is 0 Å². The predicted molar refractivity (Wildman–Crippen MR) is 321 cm³/mol. The number of fused-ring (bicyclic) bond motifs is 3. The second-order valence-corrected chi connectivity index (χ2v) is 24.7. The largest absolute Gasteiger partial charge is 0.510 e. The molecule has 400 valence electrons. The fraction of sp³-hybridized carbons (Fsp3) is 0.233. The first kappa shape index (κ1) is 54.8. The molecule has 0 N–H and O–H groups in total. The minimum absolute atomic E-state index is 0. The van der Waals surface area contributed by atoms with Crippen LogP contribution in [-0.4, -0.2) is 14.1 Å². The second-order valence-electron chi connectivity index (χ2n) is 24.7. The Labute approximate surface area is 482 Å². The number of aromatic nitrogens is 4. The molecule has 0 spiro atoms. The Hall–Kier alpha value is -7.59. The molecule has 0 amide bonds. The number of rotatable bonds is 12. The van der Waals surface area contributed by atoms with Gasteiger partial charge in [0.15, 0.2) is 0 Å². The summed E-state index contributed by atoms with van der Waals surface area (Å²) in [5.74, 6) is 1.99. The molecule has 0 fully saturated rings. The van der Waals surface area contributed by atoms with E-state index < -0.39 is 5.41 Å². The van der Waals surface area contributed by atoms with E-state index in [1.165, 1.54) is 38.9 Å². The SMILES string of the molecule is CC(C)(C)c1ccnc(-n2c3[c-]c(Oc4[c-]c(-n5[c-][n+](-c6cc(C(C)(C)c7ccccc7)cc(C(C)(C)c7ccccc7)c6)c(C(C)(C)C)c5)cc(C(C)(C)c5ccccc5)c4)ccc3c3cc(-c4ccccc4)ccc32)c1.[Pt]. The van der Waals surface area contributed by atoms with Crippen LogP contribution in [0.15, 0.2) is 207 Å². The number of hydrogen-bond acceptors (Lipinski definition) is 2. The topological polar surface area (TPSA) is 35.9 Å². The number of hydrogen-bond donors (Lipinski definition) is 0. The zero-order valence-electron chi connectivity index (χ0n) is 47.6. The summed E-state index contributed by atoms with van der Waals surface area (Å²) >= 11 is 0. The fourth-order valence-electron chi connectivity index (χ4n) is 11.0. The molecule has 0 atom stereocenters. The second kappa shape index (κ2) is 20.9. The Kier molecular flexibility index (Phi) is 14.5. The van der Waals surface area contributed by atoms with Gasteiger partial charge in [0.25, 0.3) is 6.33 Å². The monoisotopic (exact) mass is 1210 g/mol. The Bertz CT molecular complexity index is 3900. The Balaban J connectivity index is 0.00000704. The van der Waals surface area contributed by atoms with Gasteiger partial charge in [0.05, 0.1) is 11.4 Å². The molecular formula is C73H70N4OPt-2. The smallest absolute Gasteiger partial charge is 0.267 e. The zero-order valence-corrected chi connectivity index (χ0v) is 49.9. The number of ether oxygens (including phenoxy) is 1. The molecule has 79 heavy (non-hydrogen) atoms. The van der Waals surface area contributed by atoms with E-state index in [1.807, 2.05) is 12.3 Å². The van der Waals surface area contributed by atoms with E-state index in [0.717, 1.165) is 55.8 Å². The average molecular weight is 1210 g/mol. The van der Waals surface area contributed by atoms with Gasteiger partial charge in [-0.25, -0.2) is 4.98 Å². The van der Waals surface area contributed by atoms with Crippen LogP contribution in [0.25, 0.3) is 50.1 Å². The first-order valence-corrected chi connectivity index (χ1v) is 27.4. The third-order valence-corrected chi connectivity index (χ3v) is 16.2. The molecule has 0 unspecified atom stereocenters. The van der Waals surface area contributed by atoms with Crippen LogP contribution in [0.1, 0.15) is 128 Å². The van der Waals surface area contributed by atoms with E-state index in [0.29, 0.717) is 11.5 Å². The molecule has 0 aliphatic heterocycles. The maximum atomic E-state index is 7.08. The summed E-state index contributed by atoms with van der Waals surface area (Å²) in [6, 6.07) is 77.3. The Morgan fingerprint density at radius 1 is 0.443 bits per heavy atom. The van der Waals surface area contributed by atoms with Gasteiger partial charge in [-0.3, -0.25) is 4.57 Å². The standard InChI is InChI=1S/C73H70N4O.Pt/c1-69(2,3)55-37-38-74-68(45-55)77-65-36-33-51(50-25-17-13-18-26-50)39-64(65)63-35-34-61(47-66(63)77)78-62-44-58(73(11,12)54-31-23-16-24-32-54)41-59(46-62)75-48-67(70(4,5)6)76(49-75)60-42-56(71(7,8)52-27-19-14-20-28-52)40-57(43-60)72(9,10)53-29-21-15-22-30-53;/h13-45,48H,1-12H3;/q-2;. The minimum atomic E-state index is -0.408. The van der Waals surface area contributed by atoms with Crippen molar-refractivity contribution in [1.82, 2.24) is 14.1 Å². The summed E-state index contributed by atoms with van der Waals surface area (Å²) in [6.45, 7) is 27.4. The third-order valence-electron chi connectivity index (χ3n) is 16.2. The molecule has 11 aromatic rings. The first-order valence-electron chi connectivity index (χ1n) is 27.4. The van der Waals surface area contributed by atoms with Gasteiger partial charge in [0.2, 0.25) is 0 Å². The quantitative estimate of drug-likeness (QED) is 0.0903. The van der Waals surface area contributed by atoms with Crippen molar-refractivity contribution in [3.63, 3.8) is 0 Å². The fourth-order valence-corrected chi connectivity index (χ4v) is 11.0. The zero-order chi connectivity index (χ0) is 54.8. The van der Waals surface area contributed by atoms with Crippen LogP contribution in [0.4, 0.5) is 0 Å². The third kappa shape index (κ3) is 10.6. The van der Waals surface area contributed by atoms with E-state index in [2.05, 4.69) is 310 Å². The van der Waals surface area contributed by atoms with E-state index in [4.69, 9.17) is 9.72 Å². The Morgan fingerprint density at radius 2 is 0.987 bits per heavy atom. The molecule has 3 heterocycles. The predicted octanol–water partition coefficient (Wildman–Crippen LogP) is 17.7. The summed E-state index contributed by atoms with van der Waals surface area (Å²) in [6.07, 6.45) is 8.04. The van der Waals surface area contributed by atoms with Gasteiger partial charge in [-0.2, -0.15) is 12.1 Å². The summed E-state index contributed by atoms with van der Waals surface area (Å²) in [5.41, 5.74) is 14.3. The maximum absolute atomic E-state index is 7.08. The van der Waals surface area contributed by atoms with Crippen LogP contribution in [0.3, 0.4) is 0 Å². The number of nitrogens with zero attached hydrogens (tertiary/aromatic N) is 4. The molecular weight excluding hydrogens is 1140 g/mol. The van der Waals surface area contributed by atoms with Gasteiger partial charge >= 0.3 is 0 Å². The normalized spacial score (nSPS) is 12.5. The van der Waals surface area contributed by atoms with Crippen molar-refractivity contribution in [1.29, 1.82) is 0 Å². The van der Waals surface area contributed by atoms with Crippen LogP contribution >= 0.6 is 0 Å². The van der Waals surface area contributed by atoms with Crippen molar-refractivity contribution in [3.8, 4) is 39.8 Å². The van der Waals surface area contributed by atoms with Gasteiger partial charge in [-0.05, 0) is 102 Å². The van der Waals surface area contributed by atoms with Crippen molar-refractivity contribution in [2.24, 2.45) is 0 Å². The van der Waals surface area contributed by atoms with Crippen molar-refractivity contribution in [3.05, 3.63) is 270 Å². The van der Waals surface area contributed by atoms with Crippen molar-refractivity contribution < 1.29 is 30.4 Å². The number of imidazole rings is 1. The molecule has 0 saturated heterocycles.